The Kier molecular flexibility index (Phi) is 2.32. The van der Waals surface area contributed by atoms with E-state index in [0.29, 0.717) is 17.4 Å². The first-order valence-corrected chi connectivity index (χ1v) is 6.62. The molecule has 2 saturated heterocycles. The average Bonchev–Trinajstić information content (AvgIpc) is 3.11. The first kappa shape index (κ1) is 10.9. The summed E-state index contributed by atoms with van der Waals surface area (Å²) in [6.45, 7) is 3.81. The van der Waals surface area contributed by atoms with Crippen LogP contribution in [0.15, 0.2) is 18.2 Å². The number of fused-ring (bicyclic) bond motifs is 2. The first-order valence-electron chi connectivity index (χ1n) is 6.62. The molecule has 1 aromatic carbocycles. The van der Waals surface area contributed by atoms with Gasteiger partial charge in [0.25, 0.3) is 5.91 Å². The van der Waals surface area contributed by atoms with Gasteiger partial charge in [-0.2, -0.15) is 15.4 Å². The van der Waals surface area contributed by atoms with Gasteiger partial charge >= 0.3 is 0 Å². The SMILES string of the molecule is O=C(c1ccc2n[nH]nc2c1)N1C[C@@H]2CNC[C@H]2C1. The molecule has 0 saturated carbocycles. The van der Waals surface area contributed by atoms with Crippen LogP contribution in [0, 0.1) is 11.8 Å². The lowest BCUT2D eigenvalue weighted by Crippen LogP contribution is -2.31. The molecule has 0 unspecified atom stereocenters. The van der Waals surface area contributed by atoms with Crippen molar-refractivity contribution in [3.05, 3.63) is 23.8 Å². The smallest absolute Gasteiger partial charge is 0.253 e. The third kappa shape index (κ3) is 1.71. The zero-order valence-electron chi connectivity index (χ0n) is 10.5. The van der Waals surface area contributed by atoms with Crippen molar-refractivity contribution in [2.45, 2.75) is 0 Å². The highest BCUT2D eigenvalue weighted by Crippen LogP contribution is 2.27. The number of H-pyrrole nitrogens is 1. The molecule has 0 aliphatic carbocycles. The predicted molar refractivity (Wildman–Crippen MR) is 69.6 cm³/mol. The molecular formula is C13H15N5O. The molecule has 2 N–H and O–H groups in total. The summed E-state index contributed by atoms with van der Waals surface area (Å²) in [6, 6.07) is 5.48. The maximum atomic E-state index is 12.5. The van der Waals surface area contributed by atoms with Gasteiger partial charge in [-0.15, -0.1) is 0 Å². The molecule has 2 aliphatic rings. The van der Waals surface area contributed by atoms with E-state index >= 15 is 0 Å². The molecule has 4 rings (SSSR count). The Bertz CT molecular complexity index is 625. The predicted octanol–water partition coefficient (Wildman–Crippen LogP) is 0.249. The lowest BCUT2D eigenvalue weighted by molar-refractivity contribution is 0.0782. The van der Waals surface area contributed by atoms with Gasteiger partial charge in [-0.3, -0.25) is 4.79 Å². The molecule has 2 aliphatic heterocycles. The number of rotatable bonds is 1. The van der Waals surface area contributed by atoms with Gasteiger partial charge in [0, 0.05) is 31.7 Å². The number of amides is 1. The Morgan fingerprint density at radius 3 is 2.68 bits per heavy atom. The van der Waals surface area contributed by atoms with Crippen LogP contribution in [0.1, 0.15) is 10.4 Å². The van der Waals surface area contributed by atoms with Gasteiger partial charge in [0.05, 0.1) is 0 Å². The lowest BCUT2D eigenvalue weighted by Gasteiger charge is -2.17. The van der Waals surface area contributed by atoms with E-state index in [1.807, 2.05) is 23.1 Å². The largest absolute Gasteiger partial charge is 0.338 e. The fourth-order valence-electron chi connectivity index (χ4n) is 3.18. The second-order valence-corrected chi connectivity index (χ2v) is 5.42. The Balaban J connectivity index is 1.59. The molecule has 98 valence electrons. The van der Waals surface area contributed by atoms with Gasteiger partial charge in [0.2, 0.25) is 0 Å². The third-order valence-corrected chi connectivity index (χ3v) is 4.24. The zero-order valence-corrected chi connectivity index (χ0v) is 10.5. The van der Waals surface area contributed by atoms with Crippen LogP contribution in [0.5, 0.6) is 0 Å². The normalized spacial score (nSPS) is 26.0. The molecule has 3 heterocycles. The highest BCUT2D eigenvalue weighted by atomic mass is 16.2. The van der Waals surface area contributed by atoms with Crippen molar-refractivity contribution < 1.29 is 4.79 Å². The molecule has 6 heteroatoms. The van der Waals surface area contributed by atoms with E-state index in [2.05, 4.69) is 20.7 Å². The molecule has 2 fully saturated rings. The van der Waals surface area contributed by atoms with Crippen molar-refractivity contribution in [1.82, 2.24) is 25.6 Å². The monoisotopic (exact) mass is 257 g/mol. The number of nitrogens with one attached hydrogen (secondary N) is 2. The maximum Gasteiger partial charge on any atom is 0.253 e. The van der Waals surface area contributed by atoms with E-state index < -0.39 is 0 Å². The van der Waals surface area contributed by atoms with Gasteiger partial charge in [-0.1, -0.05) is 0 Å². The van der Waals surface area contributed by atoms with E-state index in [0.717, 1.165) is 37.2 Å². The Morgan fingerprint density at radius 1 is 1.16 bits per heavy atom. The van der Waals surface area contributed by atoms with Crippen LogP contribution in [-0.4, -0.2) is 52.4 Å². The van der Waals surface area contributed by atoms with Crippen molar-refractivity contribution in [3.8, 4) is 0 Å². The number of aromatic amines is 1. The van der Waals surface area contributed by atoms with E-state index in [4.69, 9.17) is 0 Å². The average molecular weight is 257 g/mol. The summed E-state index contributed by atoms with van der Waals surface area (Å²) < 4.78 is 0. The molecule has 6 nitrogen and oxygen atoms in total. The van der Waals surface area contributed by atoms with Crippen LogP contribution >= 0.6 is 0 Å². The van der Waals surface area contributed by atoms with Crippen LogP contribution in [0.25, 0.3) is 11.0 Å². The summed E-state index contributed by atoms with van der Waals surface area (Å²) in [7, 11) is 0. The van der Waals surface area contributed by atoms with Gasteiger partial charge in [-0.25, -0.2) is 0 Å². The molecule has 1 amide bonds. The highest BCUT2D eigenvalue weighted by Gasteiger charge is 2.38. The molecule has 0 spiro atoms. The number of nitrogens with zero attached hydrogens (tertiary/aromatic N) is 3. The van der Waals surface area contributed by atoms with E-state index in [9.17, 15) is 4.79 Å². The number of hydrogen-bond donors (Lipinski definition) is 2. The van der Waals surface area contributed by atoms with Gasteiger partial charge in [0.15, 0.2) is 0 Å². The van der Waals surface area contributed by atoms with Crippen molar-refractivity contribution in [2.24, 2.45) is 11.8 Å². The summed E-state index contributed by atoms with van der Waals surface area (Å²) in [5, 5.41) is 14.0. The lowest BCUT2D eigenvalue weighted by atomic mass is 10.0. The van der Waals surface area contributed by atoms with Crippen molar-refractivity contribution in [1.29, 1.82) is 0 Å². The summed E-state index contributed by atoms with van der Waals surface area (Å²) in [5.74, 6) is 1.36. The van der Waals surface area contributed by atoms with Crippen LogP contribution in [0.2, 0.25) is 0 Å². The number of benzene rings is 1. The minimum absolute atomic E-state index is 0.110. The molecule has 1 aromatic heterocycles. The van der Waals surface area contributed by atoms with Crippen molar-refractivity contribution in [3.63, 3.8) is 0 Å². The van der Waals surface area contributed by atoms with E-state index in [1.54, 1.807) is 0 Å². The molecule has 2 aromatic rings. The van der Waals surface area contributed by atoms with Crippen LogP contribution in [0.4, 0.5) is 0 Å². The second-order valence-electron chi connectivity index (χ2n) is 5.42. The Morgan fingerprint density at radius 2 is 1.89 bits per heavy atom. The van der Waals surface area contributed by atoms with Crippen LogP contribution in [0.3, 0.4) is 0 Å². The first-order chi connectivity index (χ1) is 9.31. The molecule has 0 bridgehead atoms. The number of carbonyl (C=O) groups excluding carboxylic acids is 1. The molecule has 19 heavy (non-hydrogen) atoms. The summed E-state index contributed by atoms with van der Waals surface area (Å²) in [6.07, 6.45) is 0. The van der Waals surface area contributed by atoms with Gasteiger partial charge < -0.3 is 10.2 Å². The molecule has 2 atom stereocenters. The van der Waals surface area contributed by atoms with Gasteiger partial charge in [0.1, 0.15) is 11.0 Å². The number of likely N-dealkylation sites (tertiary alicyclic amines) is 1. The zero-order chi connectivity index (χ0) is 12.8. The highest BCUT2D eigenvalue weighted by molar-refractivity contribution is 5.97. The summed E-state index contributed by atoms with van der Waals surface area (Å²) in [5.41, 5.74) is 2.24. The fraction of sp³-hybridized carbons (Fsp3) is 0.462. The quantitative estimate of drug-likeness (QED) is 0.768. The van der Waals surface area contributed by atoms with Crippen molar-refractivity contribution in [2.75, 3.05) is 26.2 Å². The number of hydrogen-bond acceptors (Lipinski definition) is 4. The number of carbonyl (C=O) groups is 1. The van der Waals surface area contributed by atoms with Crippen LogP contribution in [-0.2, 0) is 0 Å². The summed E-state index contributed by atoms with van der Waals surface area (Å²) in [4.78, 5) is 14.5. The Hall–Kier alpha value is -1.95. The minimum atomic E-state index is 0.110. The van der Waals surface area contributed by atoms with Crippen LogP contribution < -0.4 is 5.32 Å². The topological polar surface area (TPSA) is 73.9 Å². The minimum Gasteiger partial charge on any atom is -0.338 e. The fourth-order valence-corrected chi connectivity index (χ4v) is 3.18. The molecular weight excluding hydrogens is 242 g/mol. The summed E-state index contributed by atoms with van der Waals surface area (Å²) >= 11 is 0. The Labute approximate surface area is 110 Å². The van der Waals surface area contributed by atoms with E-state index in [1.165, 1.54) is 0 Å². The molecule has 0 radical (unpaired) electrons. The second kappa shape index (κ2) is 4.03. The van der Waals surface area contributed by atoms with E-state index in [-0.39, 0.29) is 5.91 Å². The standard InChI is InChI=1S/C13H15N5O/c19-13(18-6-9-4-14-5-10(9)7-18)8-1-2-11-12(3-8)16-17-15-11/h1-3,9-10,14H,4-7H2,(H,15,16,17)/t9-,10-/m0/s1. The van der Waals surface area contributed by atoms with Gasteiger partial charge in [-0.05, 0) is 30.0 Å². The maximum absolute atomic E-state index is 12.5. The number of aromatic nitrogens is 3. The third-order valence-electron chi connectivity index (χ3n) is 4.24. The van der Waals surface area contributed by atoms with Crippen molar-refractivity contribution >= 4 is 16.9 Å².